The van der Waals surface area contributed by atoms with E-state index in [1.807, 2.05) is 0 Å². The highest BCUT2D eigenvalue weighted by Gasteiger charge is 2.33. The molecule has 3 nitrogen and oxygen atoms in total. The van der Waals surface area contributed by atoms with Crippen molar-refractivity contribution in [3.8, 4) is 0 Å². The molecule has 3 fully saturated rings. The highest BCUT2D eigenvalue weighted by atomic mass is 16.5. The zero-order chi connectivity index (χ0) is 12.4. The Morgan fingerprint density at radius 2 is 1.72 bits per heavy atom. The van der Waals surface area contributed by atoms with Crippen molar-refractivity contribution in [3.63, 3.8) is 0 Å². The summed E-state index contributed by atoms with van der Waals surface area (Å²) < 4.78 is 5.45. The van der Waals surface area contributed by atoms with Crippen molar-refractivity contribution in [2.75, 3.05) is 26.8 Å². The minimum absolute atomic E-state index is 0.775. The molecule has 3 rings (SSSR count). The van der Waals surface area contributed by atoms with Crippen LogP contribution in [0.1, 0.15) is 44.9 Å². The molecule has 0 radical (unpaired) electrons. The van der Waals surface area contributed by atoms with Crippen LogP contribution in [0.15, 0.2) is 0 Å². The van der Waals surface area contributed by atoms with Crippen molar-refractivity contribution in [2.45, 2.75) is 63.1 Å². The van der Waals surface area contributed by atoms with Crippen LogP contribution in [0.4, 0.5) is 0 Å². The fraction of sp³-hybridized carbons (Fsp3) is 1.00. The third-order valence-electron chi connectivity index (χ3n) is 5.27. The lowest BCUT2D eigenvalue weighted by atomic mass is 9.89. The normalized spacial score (nSPS) is 37.3. The number of ether oxygens (including phenoxy) is 1. The number of nitrogens with zero attached hydrogens (tertiary/aromatic N) is 1. The van der Waals surface area contributed by atoms with Gasteiger partial charge in [-0.25, -0.2) is 0 Å². The topological polar surface area (TPSA) is 24.5 Å². The number of hydrogen-bond acceptors (Lipinski definition) is 3. The van der Waals surface area contributed by atoms with Crippen LogP contribution < -0.4 is 5.32 Å². The van der Waals surface area contributed by atoms with Crippen molar-refractivity contribution in [1.82, 2.24) is 10.2 Å². The van der Waals surface area contributed by atoms with Gasteiger partial charge in [0.25, 0.3) is 0 Å². The Kier molecular flexibility index (Phi) is 4.22. The monoisotopic (exact) mass is 252 g/mol. The number of rotatable bonds is 4. The molecule has 0 aromatic carbocycles. The van der Waals surface area contributed by atoms with Crippen LogP contribution in [-0.2, 0) is 4.74 Å². The predicted octanol–water partition coefficient (Wildman–Crippen LogP) is 2.02. The molecule has 2 bridgehead atoms. The summed E-state index contributed by atoms with van der Waals surface area (Å²) in [6.45, 7) is 3.22. The molecule has 2 atom stereocenters. The third kappa shape index (κ3) is 3.06. The van der Waals surface area contributed by atoms with Crippen molar-refractivity contribution in [2.24, 2.45) is 5.92 Å². The molecule has 3 heteroatoms. The Bertz CT molecular complexity index is 253. The van der Waals surface area contributed by atoms with Crippen LogP contribution >= 0.6 is 0 Å². The molecule has 3 saturated heterocycles. The summed E-state index contributed by atoms with van der Waals surface area (Å²) in [5.41, 5.74) is 0. The van der Waals surface area contributed by atoms with E-state index in [1.54, 1.807) is 0 Å². The van der Waals surface area contributed by atoms with E-state index >= 15 is 0 Å². The Labute approximate surface area is 111 Å². The van der Waals surface area contributed by atoms with Gasteiger partial charge in [-0.2, -0.15) is 0 Å². The minimum Gasteiger partial charge on any atom is -0.381 e. The number of fused-ring (bicyclic) bond motifs is 2. The standard InChI is InChI=1S/C15H28N2O/c1-17(15-5-8-18-9-6-15)7-4-12-10-13-2-3-14(11-12)16-13/h12-16H,2-11H2,1H3. The lowest BCUT2D eigenvalue weighted by Crippen LogP contribution is -2.41. The van der Waals surface area contributed by atoms with E-state index in [0.29, 0.717) is 0 Å². The molecule has 3 aliphatic heterocycles. The predicted molar refractivity (Wildman–Crippen MR) is 73.8 cm³/mol. The first-order valence-electron chi connectivity index (χ1n) is 7.85. The lowest BCUT2D eigenvalue weighted by Gasteiger charge is -2.34. The largest absolute Gasteiger partial charge is 0.381 e. The maximum atomic E-state index is 5.45. The van der Waals surface area contributed by atoms with E-state index in [0.717, 1.165) is 37.3 Å². The zero-order valence-corrected chi connectivity index (χ0v) is 11.7. The second-order valence-electron chi connectivity index (χ2n) is 6.59. The molecule has 0 amide bonds. The van der Waals surface area contributed by atoms with Gasteiger partial charge in [-0.15, -0.1) is 0 Å². The first-order valence-corrected chi connectivity index (χ1v) is 7.85. The van der Waals surface area contributed by atoms with Gasteiger partial charge >= 0.3 is 0 Å². The van der Waals surface area contributed by atoms with Gasteiger partial charge in [-0.3, -0.25) is 0 Å². The summed E-state index contributed by atoms with van der Waals surface area (Å²) in [4.78, 5) is 2.59. The second-order valence-corrected chi connectivity index (χ2v) is 6.59. The molecule has 0 spiro atoms. The molecular formula is C15H28N2O. The van der Waals surface area contributed by atoms with Crippen LogP contribution in [0.2, 0.25) is 0 Å². The van der Waals surface area contributed by atoms with Gasteiger partial charge in [-0.05, 0) is 64.5 Å². The summed E-state index contributed by atoms with van der Waals surface area (Å²) in [6.07, 6.45) is 9.58. The Morgan fingerprint density at radius 3 is 2.39 bits per heavy atom. The van der Waals surface area contributed by atoms with Gasteiger partial charge in [0.2, 0.25) is 0 Å². The Hall–Kier alpha value is -0.120. The van der Waals surface area contributed by atoms with Gasteiger partial charge < -0.3 is 15.0 Å². The van der Waals surface area contributed by atoms with E-state index in [2.05, 4.69) is 17.3 Å². The molecular weight excluding hydrogens is 224 g/mol. The molecule has 0 aromatic heterocycles. The first kappa shape index (κ1) is 12.9. The quantitative estimate of drug-likeness (QED) is 0.828. The molecule has 0 aromatic rings. The van der Waals surface area contributed by atoms with Crippen LogP contribution in [0, 0.1) is 5.92 Å². The average molecular weight is 252 g/mol. The van der Waals surface area contributed by atoms with Gasteiger partial charge in [-0.1, -0.05) is 0 Å². The fourth-order valence-corrected chi connectivity index (χ4v) is 4.11. The zero-order valence-electron chi connectivity index (χ0n) is 11.7. The SMILES string of the molecule is CN(CCC1CC2CCC(C1)N2)C1CCOCC1. The molecule has 1 N–H and O–H groups in total. The van der Waals surface area contributed by atoms with Crippen LogP contribution in [0.5, 0.6) is 0 Å². The smallest absolute Gasteiger partial charge is 0.0480 e. The molecule has 3 aliphatic rings. The van der Waals surface area contributed by atoms with Gasteiger partial charge in [0, 0.05) is 31.3 Å². The summed E-state index contributed by atoms with van der Waals surface area (Å²) in [6, 6.07) is 2.47. The summed E-state index contributed by atoms with van der Waals surface area (Å²) in [7, 11) is 2.31. The summed E-state index contributed by atoms with van der Waals surface area (Å²) >= 11 is 0. The van der Waals surface area contributed by atoms with Crippen molar-refractivity contribution in [3.05, 3.63) is 0 Å². The second kappa shape index (κ2) is 5.89. The van der Waals surface area contributed by atoms with Crippen molar-refractivity contribution in [1.29, 1.82) is 0 Å². The average Bonchev–Trinajstić information content (AvgIpc) is 2.76. The summed E-state index contributed by atoms with van der Waals surface area (Å²) in [5, 5.41) is 3.74. The van der Waals surface area contributed by atoms with Crippen molar-refractivity contribution < 1.29 is 4.74 Å². The molecule has 0 saturated carbocycles. The highest BCUT2D eigenvalue weighted by molar-refractivity contribution is 4.92. The highest BCUT2D eigenvalue weighted by Crippen LogP contribution is 2.32. The van der Waals surface area contributed by atoms with E-state index < -0.39 is 0 Å². The van der Waals surface area contributed by atoms with Crippen molar-refractivity contribution >= 4 is 0 Å². The Balaban J connectivity index is 1.40. The van der Waals surface area contributed by atoms with E-state index in [-0.39, 0.29) is 0 Å². The van der Waals surface area contributed by atoms with E-state index in [1.165, 1.54) is 51.5 Å². The van der Waals surface area contributed by atoms with Gasteiger partial charge in [0.1, 0.15) is 0 Å². The van der Waals surface area contributed by atoms with E-state index in [9.17, 15) is 0 Å². The third-order valence-corrected chi connectivity index (χ3v) is 5.27. The fourth-order valence-electron chi connectivity index (χ4n) is 4.11. The van der Waals surface area contributed by atoms with Crippen LogP contribution in [0.3, 0.4) is 0 Å². The number of hydrogen-bond donors (Lipinski definition) is 1. The van der Waals surface area contributed by atoms with Crippen LogP contribution in [-0.4, -0.2) is 49.8 Å². The summed E-state index contributed by atoms with van der Waals surface area (Å²) in [5.74, 6) is 0.978. The number of piperidine rings is 1. The molecule has 18 heavy (non-hydrogen) atoms. The van der Waals surface area contributed by atoms with Gasteiger partial charge in [0.15, 0.2) is 0 Å². The molecule has 104 valence electrons. The lowest BCUT2D eigenvalue weighted by molar-refractivity contribution is 0.0407. The molecule has 2 unspecified atom stereocenters. The molecule has 3 heterocycles. The number of nitrogens with one attached hydrogen (secondary N) is 1. The Morgan fingerprint density at radius 1 is 1.06 bits per heavy atom. The van der Waals surface area contributed by atoms with Crippen LogP contribution in [0.25, 0.3) is 0 Å². The molecule has 0 aliphatic carbocycles. The maximum absolute atomic E-state index is 5.45. The van der Waals surface area contributed by atoms with Gasteiger partial charge in [0.05, 0.1) is 0 Å². The maximum Gasteiger partial charge on any atom is 0.0480 e. The minimum atomic E-state index is 0.775. The van der Waals surface area contributed by atoms with E-state index in [4.69, 9.17) is 4.74 Å². The first-order chi connectivity index (χ1) is 8.81.